The van der Waals surface area contributed by atoms with Crippen molar-refractivity contribution in [3.05, 3.63) is 21.6 Å². The summed E-state index contributed by atoms with van der Waals surface area (Å²) in [5, 5.41) is 4.12. The number of nitrogens with one attached hydrogen (secondary N) is 1. The maximum Gasteiger partial charge on any atom is 0.228 e. The molecule has 134 valence electrons. The fourth-order valence-electron chi connectivity index (χ4n) is 3.14. The Bertz CT molecular complexity index is 810. The van der Waals surface area contributed by atoms with Gasteiger partial charge in [0.15, 0.2) is 5.82 Å². The van der Waals surface area contributed by atoms with Crippen molar-refractivity contribution in [1.29, 1.82) is 0 Å². The molecule has 5 nitrogen and oxygen atoms in total. The Balaban J connectivity index is 0.000000880. The number of thiazole rings is 1. The van der Waals surface area contributed by atoms with E-state index < -0.39 is 0 Å². The molecule has 1 saturated carbocycles. The summed E-state index contributed by atoms with van der Waals surface area (Å²) in [6, 6.07) is 2.30. The van der Waals surface area contributed by atoms with Gasteiger partial charge >= 0.3 is 0 Å². The standard InChI is InChI=1S/C17H20N4OS.C2H6/c1-8-7-12-13-15(23-10(3)19-13)9(2)21(4)14(12)16(18-8)20-17(22)11-5-6-11;1-2/h7,9,11H,5-6H2,1-4H3,(H,18,20,22);1-2H3. The maximum atomic E-state index is 12.2. The molecule has 1 unspecified atom stereocenters. The molecule has 25 heavy (non-hydrogen) atoms. The Kier molecular flexibility index (Phi) is 4.82. The lowest BCUT2D eigenvalue weighted by molar-refractivity contribution is -0.117. The second-order valence-electron chi connectivity index (χ2n) is 6.50. The van der Waals surface area contributed by atoms with Gasteiger partial charge in [0.05, 0.1) is 27.3 Å². The van der Waals surface area contributed by atoms with Crippen molar-refractivity contribution in [1.82, 2.24) is 9.97 Å². The van der Waals surface area contributed by atoms with E-state index in [2.05, 4.69) is 35.2 Å². The zero-order valence-corrected chi connectivity index (χ0v) is 16.6. The molecule has 0 aromatic carbocycles. The van der Waals surface area contributed by atoms with Crippen molar-refractivity contribution in [3.8, 4) is 11.3 Å². The number of aryl methyl sites for hydroxylation is 2. The molecule has 0 radical (unpaired) electrons. The second-order valence-corrected chi connectivity index (χ2v) is 7.74. The molecule has 1 aliphatic heterocycles. The lowest BCUT2D eigenvalue weighted by Crippen LogP contribution is -2.28. The molecule has 1 aliphatic carbocycles. The molecule has 6 heteroatoms. The summed E-state index contributed by atoms with van der Waals surface area (Å²) < 4.78 is 0. The van der Waals surface area contributed by atoms with Gasteiger partial charge in [0.2, 0.25) is 5.91 Å². The van der Waals surface area contributed by atoms with Crippen LogP contribution in [0.2, 0.25) is 0 Å². The van der Waals surface area contributed by atoms with Crippen LogP contribution < -0.4 is 10.2 Å². The number of carbonyl (C=O) groups excluding carboxylic acids is 1. The number of anilines is 2. The molecule has 1 fully saturated rings. The van der Waals surface area contributed by atoms with Crippen LogP contribution in [0.5, 0.6) is 0 Å². The van der Waals surface area contributed by atoms with Gasteiger partial charge in [-0.2, -0.15) is 0 Å². The number of fused-ring (bicyclic) bond motifs is 3. The lowest BCUT2D eigenvalue weighted by atomic mass is 9.99. The highest BCUT2D eigenvalue weighted by atomic mass is 32.1. The van der Waals surface area contributed by atoms with Crippen LogP contribution in [0.3, 0.4) is 0 Å². The number of rotatable bonds is 2. The predicted octanol–water partition coefficient (Wildman–Crippen LogP) is 4.71. The summed E-state index contributed by atoms with van der Waals surface area (Å²) >= 11 is 1.75. The third-order valence-electron chi connectivity index (χ3n) is 4.64. The lowest BCUT2D eigenvalue weighted by Gasteiger charge is -2.34. The molecular formula is C19H26N4OS. The van der Waals surface area contributed by atoms with E-state index in [0.29, 0.717) is 5.82 Å². The van der Waals surface area contributed by atoms with Crippen LogP contribution in [0.1, 0.15) is 55.2 Å². The number of amides is 1. The predicted molar refractivity (Wildman–Crippen MR) is 104 cm³/mol. The quantitative estimate of drug-likeness (QED) is 0.845. The normalized spacial score (nSPS) is 18.0. The third-order valence-corrected chi connectivity index (χ3v) is 5.78. The molecule has 2 aliphatic rings. The van der Waals surface area contributed by atoms with Gasteiger partial charge in [-0.05, 0) is 39.7 Å². The molecule has 4 rings (SSSR count). The SMILES string of the molecule is CC.Cc1cc2c(c(NC(=O)C3CC3)n1)N(C)C(C)c1sc(C)nc1-2. The first-order valence-corrected chi connectivity index (χ1v) is 9.80. The molecule has 2 aromatic rings. The van der Waals surface area contributed by atoms with Crippen LogP contribution in [0.25, 0.3) is 11.3 Å². The van der Waals surface area contributed by atoms with Gasteiger partial charge in [0.25, 0.3) is 0 Å². The zero-order chi connectivity index (χ0) is 18.3. The summed E-state index contributed by atoms with van der Waals surface area (Å²) in [5.41, 5.74) is 3.99. The number of hydrogen-bond donors (Lipinski definition) is 1. The summed E-state index contributed by atoms with van der Waals surface area (Å²) in [6.07, 6.45) is 1.98. The third kappa shape index (κ3) is 3.15. The monoisotopic (exact) mass is 358 g/mol. The molecule has 0 saturated heterocycles. The van der Waals surface area contributed by atoms with Crippen molar-refractivity contribution in [2.75, 3.05) is 17.3 Å². The number of nitrogens with zero attached hydrogens (tertiary/aromatic N) is 3. The van der Waals surface area contributed by atoms with Crippen LogP contribution in [-0.2, 0) is 4.79 Å². The van der Waals surface area contributed by atoms with Gasteiger partial charge in [-0.25, -0.2) is 9.97 Å². The van der Waals surface area contributed by atoms with Gasteiger partial charge in [0.1, 0.15) is 0 Å². The number of aromatic nitrogens is 2. The summed E-state index contributed by atoms with van der Waals surface area (Å²) in [6.45, 7) is 10.2. The van der Waals surface area contributed by atoms with E-state index in [9.17, 15) is 4.79 Å². The second kappa shape index (κ2) is 6.75. The molecule has 3 heterocycles. The zero-order valence-electron chi connectivity index (χ0n) is 15.8. The van der Waals surface area contributed by atoms with E-state index in [1.807, 2.05) is 27.7 Å². The minimum atomic E-state index is 0.0895. The van der Waals surface area contributed by atoms with Crippen molar-refractivity contribution >= 4 is 28.7 Å². The van der Waals surface area contributed by atoms with Crippen LogP contribution in [0, 0.1) is 19.8 Å². The first-order chi connectivity index (χ1) is 12.0. The molecule has 1 N–H and O–H groups in total. The molecule has 0 spiro atoms. The fourth-order valence-corrected chi connectivity index (χ4v) is 4.18. The Labute approximate surface area is 153 Å². The van der Waals surface area contributed by atoms with Gasteiger partial charge in [-0.15, -0.1) is 11.3 Å². The van der Waals surface area contributed by atoms with Crippen LogP contribution >= 0.6 is 11.3 Å². The van der Waals surface area contributed by atoms with Crippen LogP contribution in [0.15, 0.2) is 6.07 Å². The van der Waals surface area contributed by atoms with E-state index in [1.54, 1.807) is 11.3 Å². The van der Waals surface area contributed by atoms with Crippen molar-refractivity contribution in [2.45, 2.75) is 53.5 Å². The van der Waals surface area contributed by atoms with Crippen molar-refractivity contribution in [2.24, 2.45) is 5.92 Å². The topological polar surface area (TPSA) is 58.1 Å². The highest BCUT2D eigenvalue weighted by molar-refractivity contribution is 7.12. The Morgan fingerprint density at radius 3 is 2.60 bits per heavy atom. The molecule has 1 amide bonds. The van der Waals surface area contributed by atoms with E-state index in [-0.39, 0.29) is 17.9 Å². The van der Waals surface area contributed by atoms with E-state index in [4.69, 9.17) is 4.98 Å². The first-order valence-electron chi connectivity index (χ1n) is 8.98. The van der Waals surface area contributed by atoms with Gasteiger partial charge < -0.3 is 10.2 Å². The van der Waals surface area contributed by atoms with Crippen molar-refractivity contribution in [3.63, 3.8) is 0 Å². The Hall–Kier alpha value is -1.95. The minimum Gasteiger partial charge on any atom is -0.363 e. The highest BCUT2D eigenvalue weighted by Crippen LogP contribution is 2.48. The Morgan fingerprint density at radius 1 is 1.28 bits per heavy atom. The molecule has 0 bridgehead atoms. The summed E-state index contributed by atoms with van der Waals surface area (Å²) in [4.78, 5) is 25.0. The van der Waals surface area contributed by atoms with E-state index >= 15 is 0 Å². The van der Waals surface area contributed by atoms with Crippen LogP contribution in [-0.4, -0.2) is 22.9 Å². The average Bonchev–Trinajstić information content (AvgIpc) is 3.36. The largest absolute Gasteiger partial charge is 0.363 e. The average molecular weight is 359 g/mol. The molecular weight excluding hydrogens is 332 g/mol. The minimum absolute atomic E-state index is 0.0895. The smallest absolute Gasteiger partial charge is 0.228 e. The number of carbonyl (C=O) groups is 1. The van der Waals surface area contributed by atoms with Gasteiger partial charge in [-0.1, -0.05) is 13.8 Å². The summed E-state index contributed by atoms with van der Waals surface area (Å²) in [7, 11) is 2.06. The number of pyridine rings is 1. The maximum absolute atomic E-state index is 12.2. The highest BCUT2D eigenvalue weighted by Gasteiger charge is 2.34. The molecule has 1 atom stereocenters. The molecule has 2 aromatic heterocycles. The number of hydrogen-bond acceptors (Lipinski definition) is 5. The van der Waals surface area contributed by atoms with Gasteiger partial charge in [-0.3, -0.25) is 4.79 Å². The van der Waals surface area contributed by atoms with Gasteiger partial charge in [0, 0.05) is 24.2 Å². The Morgan fingerprint density at radius 2 is 1.96 bits per heavy atom. The summed E-state index contributed by atoms with van der Waals surface area (Å²) in [5.74, 6) is 0.922. The fraction of sp³-hybridized carbons (Fsp3) is 0.526. The van der Waals surface area contributed by atoms with Crippen molar-refractivity contribution < 1.29 is 4.79 Å². The van der Waals surface area contributed by atoms with E-state index in [1.165, 1.54) is 4.88 Å². The van der Waals surface area contributed by atoms with E-state index in [0.717, 1.165) is 40.5 Å². The van der Waals surface area contributed by atoms with Crippen LogP contribution in [0.4, 0.5) is 11.5 Å². The first kappa shape index (κ1) is 17.9.